The number of para-hydroxylation sites is 2. The van der Waals surface area contributed by atoms with Crippen molar-refractivity contribution in [2.75, 3.05) is 23.3 Å². The summed E-state index contributed by atoms with van der Waals surface area (Å²) in [6.07, 6.45) is 3.17. The highest BCUT2D eigenvalue weighted by Crippen LogP contribution is 2.32. The lowest BCUT2D eigenvalue weighted by Gasteiger charge is -2.34. The largest absolute Gasteiger partial charge is 0.370 e. The summed E-state index contributed by atoms with van der Waals surface area (Å²) in [6, 6.07) is 18.0. The molecular weight excluding hydrogens is 348 g/mol. The molecule has 1 fully saturated rings. The summed E-state index contributed by atoms with van der Waals surface area (Å²) < 4.78 is 0. The van der Waals surface area contributed by atoms with Crippen LogP contribution >= 0.6 is 0 Å². The van der Waals surface area contributed by atoms with Crippen LogP contribution in [-0.2, 0) is 4.79 Å². The molecule has 1 aromatic heterocycles. The van der Waals surface area contributed by atoms with Crippen LogP contribution in [0, 0.1) is 24.2 Å². The summed E-state index contributed by atoms with van der Waals surface area (Å²) >= 11 is 0. The van der Waals surface area contributed by atoms with Crippen molar-refractivity contribution in [1.82, 2.24) is 4.98 Å². The molecule has 140 valence electrons. The molecule has 0 radical (unpaired) electrons. The van der Waals surface area contributed by atoms with Gasteiger partial charge in [-0.15, -0.1) is 0 Å². The average molecular weight is 370 g/mol. The van der Waals surface area contributed by atoms with Gasteiger partial charge in [0.25, 0.3) is 0 Å². The molecule has 28 heavy (non-hydrogen) atoms. The predicted octanol–water partition coefficient (Wildman–Crippen LogP) is 4.27. The number of nitriles is 1. The summed E-state index contributed by atoms with van der Waals surface area (Å²) in [5.74, 6) is 0.0588. The third kappa shape index (κ3) is 3.41. The minimum atomic E-state index is -0.0190. The lowest BCUT2D eigenvalue weighted by molar-refractivity contribution is -0.120. The Morgan fingerprint density at radius 3 is 2.61 bits per heavy atom. The zero-order chi connectivity index (χ0) is 19.5. The molecule has 2 aromatic carbocycles. The van der Waals surface area contributed by atoms with Crippen LogP contribution in [0.5, 0.6) is 0 Å². The van der Waals surface area contributed by atoms with E-state index in [4.69, 9.17) is 0 Å². The second-order valence-electron chi connectivity index (χ2n) is 7.21. The van der Waals surface area contributed by atoms with Crippen molar-refractivity contribution in [2.45, 2.75) is 19.8 Å². The van der Waals surface area contributed by atoms with Crippen LogP contribution in [0.4, 0.5) is 11.4 Å². The summed E-state index contributed by atoms with van der Waals surface area (Å²) in [5, 5.41) is 13.6. The summed E-state index contributed by atoms with van der Waals surface area (Å²) in [6.45, 7) is 3.49. The van der Waals surface area contributed by atoms with Crippen molar-refractivity contribution in [3.05, 3.63) is 65.9 Å². The number of hydrogen-bond donors (Lipinski definition) is 1. The molecule has 0 saturated carbocycles. The van der Waals surface area contributed by atoms with Crippen LogP contribution in [0.25, 0.3) is 10.9 Å². The van der Waals surface area contributed by atoms with Crippen LogP contribution in [-0.4, -0.2) is 24.0 Å². The third-order valence-corrected chi connectivity index (χ3v) is 5.45. The molecule has 0 bridgehead atoms. The van der Waals surface area contributed by atoms with Gasteiger partial charge < -0.3 is 10.2 Å². The van der Waals surface area contributed by atoms with E-state index in [1.807, 2.05) is 55.5 Å². The maximum atomic E-state index is 12.7. The molecular formula is C23H22N4O. The number of pyridine rings is 1. The van der Waals surface area contributed by atoms with Crippen LogP contribution < -0.4 is 10.2 Å². The van der Waals surface area contributed by atoms with E-state index in [0.29, 0.717) is 5.56 Å². The van der Waals surface area contributed by atoms with Gasteiger partial charge in [0.1, 0.15) is 6.07 Å². The number of aryl methyl sites for hydroxylation is 1. The first-order valence-corrected chi connectivity index (χ1v) is 9.56. The average Bonchev–Trinajstić information content (AvgIpc) is 2.74. The van der Waals surface area contributed by atoms with Crippen LogP contribution in [0.1, 0.15) is 24.0 Å². The second-order valence-corrected chi connectivity index (χ2v) is 7.21. The molecule has 1 amide bonds. The van der Waals surface area contributed by atoms with E-state index in [0.717, 1.165) is 53.8 Å². The number of aromatic nitrogens is 1. The highest BCUT2D eigenvalue weighted by molar-refractivity contribution is 5.95. The minimum absolute atomic E-state index is 0.0190. The fraction of sp³-hybridized carbons (Fsp3) is 0.261. The maximum absolute atomic E-state index is 12.7. The van der Waals surface area contributed by atoms with Crippen molar-refractivity contribution in [3.63, 3.8) is 0 Å². The van der Waals surface area contributed by atoms with Crippen LogP contribution in [0.3, 0.4) is 0 Å². The van der Waals surface area contributed by atoms with E-state index < -0.39 is 0 Å². The molecule has 1 saturated heterocycles. The molecule has 1 aliphatic rings. The Morgan fingerprint density at radius 1 is 1.14 bits per heavy atom. The molecule has 1 aliphatic heterocycles. The second kappa shape index (κ2) is 7.69. The Morgan fingerprint density at radius 2 is 1.86 bits per heavy atom. The number of amides is 1. The summed E-state index contributed by atoms with van der Waals surface area (Å²) in [4.78, 5) is 19.3. The van der Waals surface area contributed by atoms with Crippen molar-refractivity contribution in [2.24, 2.45) is 5.92 Å². The molecule has 3 aromatic rings. The van der Waals surface area contributed by atoms with Crippen molar-refractivity contribution in [3.8, 4) is 6.07 Å². The minimum Gasteiger partial charge on any atom is -0.370 e. The molecule has 5 nitrogen and oxygen atoms in total. The van der Waals surface area contributed by atoms with Crippen LogP contribution in [0.15, 0.2) is 54.7 Å². The lowest BCUT2D eigenvalue weighted by atomic mass is 9.94. The molecule has 0 aliphatic carbocycles. The van der Waals surface area contributed by atoms with E-state index in [9.17, 15) is 10.1 Å². The highest BCUT2D eigenvalue weighted by atomic mass is 16.1. The predicted molar refractivity (Wildman–Crippen MR) is 111 cm³/mol. The van der Waals surface area contributed by atoms with Gasteiger partial charge in [-0.2, -0.15) is 5.26 Å². The Kier molecular flexibility index (Phi) is 4.94. The number of carbonyl (C=O) groups is 1. The van der Waals surface area contributed by atoms with Crippen molar-refractivity contribution in [1.29, 1.82) is 5.26 Å². The smallest absolute Gasteiger partial charge is 0.227 e. The topological polar surface area (TPSA) is 69.0 Å². The normalized spacial score (nSPS) is 14.6. The summed E-state index contributed by atoms with van der Waals surface area (Å²) in [5.41, 5.74) is 4.35. The molecule has 4 rings (SSSR count). The zero-order valence-electron chi connectivity index (χ0n) is 15.9. The van der Waals surface area contributed by atoms with Gasteiger partial charge in [-0.3, -0.25) is 9.78 Å². The zero-order valence-corrected chi connectivity index (χ0v) is 15.9. The SMILES string of the molecule is Cc1ccccc1NC(=O)C1CCN(c2c(C#N)cnc3ccccc23)CC1. The van der Waals surface area contributed by atoms with Gasteiger partial charge in [-0.1, -0.05) is 36.4 Å². The Hall–Kier alpha value is -3.39. The van der Waals surface area contributed by atoms with Crippen LogP contribution in [0.2, 0.25) is 0 Å². The van der Waals surface area contributed by atoms with Gasteiger partial charge in [0.2, 0.25) is 5.91 Å². The molecule has 0 spiro atoms. The van der Waals surface area contributed by atoms with E-state index in [2.05, 4.69) is 21.3 Å². The quantitative estimate of drug-likeness (QED) is 0.747. The van der Waals surface area contributed by atoms with Crippen molar-refractivity contribution < 1.29 is 4.79 Å². The van der Waals surface area contributed by atoms with Gasteiger partial charge in [-0.05, 0) is 37.5 Å². The number of anilines is 2. The monoisotopic (exact) mass is 370 g/mol. The maximum Gasteiger partial charge on any atom is 0.227 e. The number of nitrogens with one attached hydrogen (secondary N) is 1. The van der Waals surface area contributed by atoms with E-state index in [1.165, 1.54) is 0 Å². The molecule has 5 heteroatoms. The third-order valence-electron chi connectivity index (χ3n) is 5.45. The molecule has 0 unspecified atom stereocenters. The van der Waals surface area contributed by atoms with Gasteiger partial charge in [0, 0.05) is 36.3 Å². The first kappa shape index (κ1) is 18.0. The molecule has 0 atom stereocenters. The van der Waals surface area contributed by atoms with Gasteiger partial charge in [0.05, 0.1) is 16.8 Å². The number of rotatable bonds is 3. The number of hydrogen-bond acceptors (Lipinski definition) is 4. The number of nitrogens with zero attached hydrogens (tertiary/aromatic N) is 3. The van der Waals surface area contributed by atoms with E-state index in [-0.39, 0.29) is 11.8 Å². The number of carbonyl (C=O) groups excluding carboxylic acids is 1. The number of piperidine rings is 1. The first-order valence-electron chi connectivity index (χ1n) is 9.56. The molecule has 1 N–H and O–H groups in total. The fourth-order valence-corrected chi connectivity index (χ4v) is 3.86. The van der Waals surface area contributed by atoms with Gasteiger partial charge in [0.15, 0.2) is 0 Å². The standard InChI is InChI=1S/C23H22N4O/c1-16-6-2-4-8-20(16)26-23(28)17-10-12-27(13-11-17)22-18(14-24)15-25-21-9-5-3-7-19(21)22/h2-9,15,17H,10-13H2,1H3,(H,26,28). The highest BCUT2D eigenvalue weighted by Gasteiger charge is 2.27. The van der Waals surface area contributed by atoms with Gasteiger partial charge >= 0.3 is 0 Å². The number of benzene rings is 2. The van der Waals surface area contributed by atoms with E-state index >= 15 is 0 Å². The fourth-order valence-electron chi connectivity index (χ4n) is 3.86. The van der Waals surface area contributed by atoms with Gasteiger partial charge in [-0.25, -0.2) is 0 Å². The molecule has 2 heterocycles. The first-order chi connectivity index (χ1) is 13.7. The Labute approximate surface area is 164 Å². The Bertz CT molecular complexity index is 1060. The number of fused-ring (bicyclic) bond motifs is 1. The van der Waals surface area contributed by atoms with E-state index in [1.54, 1.807) is 6.20 Å². The summed E-state index contributed by atoms with van der Waals surface area (Å²) in [7, 11) is 0. The lowest BCUT2D eigenvalue weighted by Crippen LogP contribution is -2.38. The van der Waals surface area contributed by atoms with Crippen molar-refractivity contribution >= 4 is 28.2 Å². The Balaban J connectivity index is 1.51.